The SMILES string of the molecule is Cc1ccc(CNc2nc3nc(CNc4ccc(F)cc4)cc(=O)n3[nH]2)cc1. The highest BCUT2D eigenvalue weighted by Crippen LogP contribution is 2.10. The highest BCUT2D eigenvalue weighted by atomic mass is 19.1. The topological polar surface area (TPSA) is 87.1 Å². The van der Waals surface area contributed by atoms with E-state index in [4.69, 9.17) is 0 Å². The number of aryl methyl sites for hydroxylation is 1. The number of hydrogen-bond acceptors (Lipinski definition) is 5. The lowest BCUT2D eigenvalue weighted by molar-refractivity contribution is 0.628. The molecular formula is C20H19FN6O. The summed E-state index contributed by atoms with van der Waals surface area (Å²) >= 11 is 0. The molecule has 0 bridgehead atoms. The average molecular weight is 378 g/mol. The van der Waals surface area contributed by atoms with Crippen molar-refractivity contribution in [3.63, 3.8) is 0 Å². The molecule has 0 amide bonds. The van der Waals surface area contributed by atoms with E-state index in [1.807, 2.05) is 31.2 Å². The van der Waals surface area contributed by atoms with Gasteiger partial charge in [-0.3, -0.25) is 9.89 Å². The summed E-state index contributed by atoms with van der Waals surface area (Å²) in [6.07, 6.45) is 0. The normalized spacial score (nSPS) is 10.9. The Hall–Kier alpha value is -3.68. The summed E-state index contributed by atoms with van der Waals surface area (Å²) in [6.45, 7) is 2.95. The van der Waals surface area contributed by atoms with Gasteiger partial charge in [0, 0.05) is 18.3 Å². The summed E-state index contributed by atoms with van der Waals surface area (Å²) in [6, 6.07) is 15.6. The van der Waals surface area contributed by atoms with Crippen molar-refractivity contribution in [2.24, 2.45) is 0 Å². The molecule has 4 aromatic rings. The maximum absolute atomic E-state index is 13.0. The van der Waals surface area contributed by atoms with Crippen LogP contribution in [0.3, 0.4) is 0 Å². The standard InChI is InChI=1S/C20H19FN6O/c1-13-2-4-14(5-3-13)11-23-19-25-20-24-17(10-18(28)27(20)26-19)12-22-16-8-6-15(21)7-9-16/h2-10,22H,11-12H2,1H3,(H2,23,24,25,26). The summed E-state index contributed by atoms with van der Waals surface area (Å²) in [5.41, 5.74) is 3.34. The minimum absolute atomic E-state index is 0.253. The third-order valence-electron chi connectivity index (χ3n) is 4.28. The Balaban J connectivity index is 1.47. The molecule has 3 N–H and O–H groups in total. The van der Waals surface area contributed by atoms with Gasteiger partial charge >= 0.3 is 0 Å². The zero-order valence-corrected chi connectivity index (χ0v) is 15.2. The lowest BCUT2D eigenvalue weighted by Gasteiger charge is -2.05. The fourth-order valence-electron chi connectivity index (χ4n) is 2.75. The summed E-state index contributed by atoms with van der Waals surface area (Å²) in [4.78, 5) is 21.1. The third kappa shape index (κ3) is 4.01. The molecule has 7 nitrogen and oxygen atoms in total. The summed E-state index contributed by atoms with van der Waals surface area (Å²) in [7, 11) is 0. The first-order chi connectivity index (χ1) is 13.6. The van der Waals surface area contributed by atoms with E-state index >= 15 is 0 Å². The van der Waals surface area contributed by atoms with Gasteiger partial charge in [0.2, 0.25) is 5.95 Å². The van der Waals surface area contributed by atoms with Crippen LogP contribution in [0.5, 0.6) is 0 Å². The number of rotatable bonds is 6. The van der Waals surface area contributed by atoms with Crippen molar-refractivity contribution in [2.75, 3.05) is 10.6 Å². The maximum atomic E-state index is 13.0. The van der Waals surface area contributed by atoms with Gasteiger partial charge in [0.1, 0.15) is 5.82 Å². The second-order valence-electron chi connectivity index (χ2n) is 6.49. The van der Waals surface area contributed by atoms with Crippen LogP contribution < -0.4 is 16.2 Å². The second-order valence-corrected chi connectivity index (χ2v) is 6.49. The zero-order valence-electron chi connectivity index (χ0n) is 15.2. The summed E-state index contributed by atoms with van der Waals surface area (Å²) in [5, 5.41) is 9.18. The van der Waals surface area contributed by atoms with Gasteiger partial charge in [0.15, 0.2) is 0 Å². The second kappa shape index (κ2) is 7.51. The molecule has 2 heterocycles. The molecule has 0 atom stereocenters. The lowest BCUT2D eigenvalue weighted by Crippen LogP contribution is -2.17. The van der Waals surface area contributed by atoms with E-state index in [-0.39, 0.29) is 17.2 Å². The number of aromatic amines is 1. The molecule has 0 radical (unpaired) electrons. The number of anilines is 2. The van der Waals surface area contributed by atoms with Gasteiger partial charge in [0.25, 0.3) is 11.3 Å². The molecule has 0 aliphatic rings. The molecule has 0 aliphatic heterocycles. The van der Waals surface area contributed by atoms with Gasteiger partial charge in [0.05, 0.1) is 12.2 Å². The van der Waals surface area contributed by atoms with E-state index in [0.717, 1.165) is 11.3 Å². The van der Waals surface area contributed by atoms with Crippen LogP contribution in [-0.4, -0.2) is 19.6 Å². The molecule has 2 aromatic carbocycles. The Bertz CT molecular complexity index is 1150. The monoisotopic (exact) mass is 378 g/mol. The Labute approximate surface area is 160 Å². The van der Waals surface area contributed by atoms with Crippen LogP contribution in [0, 0.1) is 12.7 Å². The molecule has 0 saturated heterocycles. The molecule has 4 rings (SSSR count). The highest BCUT2D eigenvalue weighted by Gasteiger charge is 2.08. The van der Waals surface area contributed by atoms with E-state index < -0.39 is 0 Å². The lowest BCUT2D eigenvalue weighted by atomic mass is 10.1. The van der Waals surface area contributed by atoms with Gasteiger partial charge in [-0.2, -0.15) is 9.50 Å². The number of aromatic nitrogens is 4. The fraction of sp³-hybridized carbons (Fsp3) is 0.150. The molecular weight excluding hydrogens is 359 g/mol. The number of nitrogens with one attached hydrogen (secondary N) is 3. The average Bonchev–Trinajstić information content (AvgIpc) is 3.11. The van der Waals surface area contributed by atoms with Crippen LogP contribution in [0.1, 0.15) is 16.8 Å². The molecule has 0 fully saturated rings. The van der Waals surface area contributed by atoms with Crippen molar-refractivity contribution in [1.82, 2.24) is 19.6 Å². The van der Waals surface area contributed by atoms with Crippen LogP contribution >= 0.6 is 0 Å². The maximum Gasteiger partial charge on any atom is 0.274 e. The quantitative estimate of drug-likeness (QED) is 0.480. The molecule has 2 aromatic heterocycles. The molecule has 0 unspecified atom stereocenters. The minimum Gasteiger partial charge on any atom is -0.379 e. The van der Waals surface area contributed by atoms with Gasteiger partial charge in [-0.05, 0) is 36.8 Å². The molecule has 0 spiro atoms. The van der Waals surface area contributed by atoms with E-state index in [9.17, 15) is 9.18 Å². The van der Waals surface area contributed by atoms with Crippen molar-refractivity contribution in [3.8, 4) is 0 Å². The van der Waals surface area contributed by atoms with Crippen LogP contribution in [0.25, 0.3) is 5.78 Å². The fourth-order valence-corrected chi connectivity index (χ4v) is 2.75. The highest BCUT2D eigenvalue weighted by molar-refractivity contribution is 5.44. The predicted molar refractivity (Wildman–Crippen MR) is 106 cm³/mol. The first kappa shape index (κ1) is 17.7. The minimum atomic E-state index is -0.300. The Morgan fingerprint density at radius 1 is 1.00 bits per heavy atom. The van der Waals surface area contributed by atoms with E-state index in [0.29, 0.717) is 24.7 Å². The van der Waals surface area contributed by atoms with Crippen molar-refractivity contribution >= 4 is 17.4 Å². The first-order valence-electron chi connectivity index (χ1n) is 8.84. The number of H-pyrrole nitrogens is 1. The molecule has 8 heteroatoms. The van der Waals surface area contributed by atoms with Gasteiger partial charge in [-0.1, -0.05) is 29.8 Å². The van der Waals surface area contributed by atoms with E-state index in [2.05, 4.69) is 25.7 Å². The van der Waals surface area contributed by atoms with Gasteiger partial charge < -0.3 is 10.6 Å². The largest absolute Gasteiger partial charge is 0.379 e. The van der Waals surface area contributed by atoms with Gasteiger partial charge in [-0.25, -0.2) is 9.37 Å². The van der Waals surface area contributed by atoms with E-state index in [1.54, 1.807) is 12.1 Å². The van der Waals surface area contributed by atoms with Crippen molar-refractivity contribution < 1.29 is 4.39 Å². The number of hydrogen-bond donors (Lipinski definition) is 3. The summed E-state index contributed by atoms with van der Waals surface area (Å²) in [5.74, 6) is 0.453. The molecule has 142 valence electrons. The zero-order chi connectivity index (χ0) is 19.5. The third-order valence-corrected chi connectivity index (χ3v) is 4.28. The number of fused-ring (bicyclic) bond motifs is 1. The van der Waals surface area contributed by atoms with Crippen molar-refractivity contribution in [2.45, 2.75) is 20.0 Å². The van der Waals surface area contributed by atoms with Gasteiger partial charge in [-0.15, -0.1) is 0 Å². The smallest absolute Gasteiger partial charge is 0.274 e. The van der Waals surface area contributed by atoms with Crippen molar-refractivity contribution in [1.29, 1.82) is 0 Å². The number of benzene rings is 2. The van der Waals surface area contributed by atoms with Crippen LogP contribution in [0.4, 0.5) is 16.0 Å². The molecule has 0 aliphatic carbocycles. The van der Waals surface area contributed by atoms with Crippen LogP contribution in [0.15, 0.2) is 59.4 Å². The Morgan fingerprint density at radius 3 is 2.50 bits per heavy atom. The molecule has 28 heavy (non-hydrogen) atoms. The first-order valence-corrected chi connectivity index (χ1v) is 8.84. The Morgan fingerprint density at radius 2 is 1.75 bits per heavy atom. The Kier molecular flexibility index (Phi) is 4.76. The predicted octanol–water partition coefficient (Wildman–Crippen LogP) is 3.09. The van der Waals surface area contributed by atoms with Crippen LogP contribution in [0.2, 0.25) is 0 Å². The van der Waals surface area contributed by atoms with E-state index in [1.165, 1.54) is 28.3 Å². The molecule has 0 saturated carbocycles. The number of nitrogens with zero attached hydrogens (tertiary/aromatic N) is 3. The number of halogens is 1. The van der Waals surface area contributed by atoms with Crippen molar-refractivity contribution in [3.05, 3.63) is 87.6 Å². The summed E-state index contributed by atoms with van der Waals surface area (Å²) < 4.78 is 14.3. The van der Waals surface area contributed by atoms with Crippen LogP contribution in [-0.2, 0) is 13.1 Å².